The van der Waals surface area contributed by atoms with Crippen LogP contribution in [-0.4, -0.2) is 9.97 Å². The fourth-order valence-corrected chi connectivity index (χ4v) is 1.33. The van der Waals surface area contributed by atoms with E-state index in [2.05, 4.69) is 9.97 Å². The normalized spacial score (nSPS) is 10.1. The van der Waals surface area contributed by atoms with Crippen molar-refractivity contribution in [1.82, 2.24) is 9.97 Å². The summed E-state index contributed by atoms with van der Waals surface area (Å²) in [6, 6.07) is 6.62. The van der Waals surface area contributed by atoms with E-state index in [-0.39, 0.29) is 5.82 Å². The second kappa shape index (κ2) is 3.54. The topological polar surface area (TPSA) is 25.8 Å². The molecule has 0 spiro atoms. The number of benzene rings is 1. The van der Waals surface area contributed by atoms with Crippen LogP contribution in [0.15, 0.2) is 36.8 Å². The molecule has 1 heterocycles. The lowest BCUT2D eigenvalue weighted by Gasteiger charge is -2.04. The third-order valence-electron chi connectivity index (χ3n) is 2.08. The van der Waals surface area contributed by atoms with Crippen molar-refractivity contribution in [3.8, 4) is 11.1 Å². The molecule has 0 aliphatic heterocycles. The molecule has 0 aliphatic rings. The smallest absolute Gasteiger partial charge is 0.131 e. The highest BCUT2D eigenvalue weighted by atomic mass is 19.1. The lowest BCUT2D eigenvalue weighted by Crippen LogP contribution is -1.91. The highest BCUT2D eigenvalue weighted by Gasteiger charge is 2.06. The molecule has 3 heteroatoms. The van der Waals surface area contributed by atoms with Gasteiger partial charge in [0.2, 0.25) is 0 Å². The number of hydrogen-bond acceptors (Lipinski definition) is 2. The van der Waals surface area contributed by atoms with Gasteiger partial charge in [-0.1, -0.05) is 18.2 Å². The molecule has 0 radical (unpaired) electrons. The third-order valence-corrected chi connectivity index (χ3v) is 2.08. The second-order valence-electron chi connectivity index (χ2n) is 3.00. The zero-order chi connectivity index (χ0) is 9.97. The van der Waals surface area contributed by atoms with Crippen LogP contribution in [0, 0.1) is 12.7 Å². The van der Waals surface area contributed by atoms with E-state index in [1.54, 1.807) is 24.4 Å². The Kier molecular flexibility index (Phi) is 2.23. The van der Waals surface area contributed by atoms with Crippen LogP contribution >= 0.6 is 0 Å². The van der Waals surface area contributed by atoms with Crippen LogP contribution in [0.2, 0.25) is 0 Å². The largest absolute Gasteiger partial charge is 0.244 e. The van der Waals surface area contributed by atoms with Crippen molar-refractivity contribution in [1.29, 1.82) is 0 Å². The van der Waals surface area contributed by atoms with Crippen LogP contribution < -0.4 is 0 Å². The number of aryl methyl sites for hydroxylation is 1. The molecule has 0 atom stereocenters. The van der Waals surface area contributed by atoms with Gasteiger partial charge in [-0.15, -0.1) is 0 Å². The van der Waals surface area contributed by atoms with E-state index >= 15 is 0 Å². The fourth-order valence-electron chi connectivity index (χ4n) is 1.33. The van der Waals surface area contributed by atoms with Crippen LogP contribution in [0.1, 0.15) is 5.69 Å². The number of hydrogen-bond donors (Lipinski definition) is 0. The van der Waals surface area contributed by atoms with Gasteiger partial charge in [0.1, 0.15) is 12.1 Å². The van der Waals surface area contributed by atoms with Gasteiger partial charge in [0.15, 0.2) is 0 Å². The molecule has 2 aromatic rings. The molecule has 70 valence electrons. The molecular weight excluding hydrogens is 179 g/mol. The van der Waals surface area contributed by atoms with Gasteiger partial charge in [-0.25, -0.2) is 14.4 Å². The molecule has 0 bridgehead atoms. The molecule has 0 saturated carbocycles. The van der Waals surface area contributed by atoms with Crippen LogP contribution in [0.25, 0.3) is 11.1 Å². The van der Waals surface area contributed by atoms with Crippen LogP contribution in [0.4, 0.5) is 4.39 Å². The predicted molar refractivity (Wildman–Crippen MR) is 52.2 cm³/mol. The summed E-state index contributed by atoms with van der Waals surface area (Å²) in [5.74, 6) is -0.245. The number of rotatable bonds is 1. The highest BCUT2D eigenvalue weighted by molar-refractivity contribution is 5.65. The monoisotopic (exact) mass is 188 g/mol. The maximum absolute atomic E-state index is 13.4. The highest BCUT2D eigenvalue weighted by Crippen LogP contribution is 2.23. The quantitative estimate of drug-likeness (QED) is 0.687. The SMILES string of the molecule is Cc1ncncc1-c1ccccc1F. The summed E-state index contributed by atoms with van der Waals surface area (Å²) in [6.07, 6.45) is 3.08. The van der Waals surface area contributed by atoms with E-state index in [9.17, 15) is 4.39 Å². The minimum atomic E-state index is -0.245. The average Bonchev–Trinajstić information content (AvgIpc) is 2.20. The Morgan fingerprint density at radius 1 is 1.14 bits per heavy atom. The van der Waals surface area contributed by atoms with E-state index in [4.69, 9.17) is 0 Å². The summed E-state index contributed by atoms with van der Waals surface area (Å²) >= 11 is 0. The first-order valence-corrected chi connectivity index (χ1v) is 4.30. The van der Waals surface area contributed by atoms with Crippen molar-refractivity contribution in [2.75, 3.05) is 0 Å². The third kappa shape index (κ3) is 1.48. The van der Waals surface area contributed by atoms with Crippen molar-refractivity contribution in [2.24, 2.45) is 0 Å². The van der Waals surface area contributed by atoms with Gasteiger partial charge in [0.05, 0.1) is 0 Å². The van der Waals surface area contributed by atoms with Gasteiger partial charge in [-0.05, 0) is 13.0 Å². The minimum Gasteiger partial charge on any atom is -0.244 e. The lowest BCUT2D eigenvalue weighted by atomic mass is 10.1. The second-order valence-corrected chi connectivity index (χ2v) is 3.00. The zero-order valence-corrected chi connectivity index (χ0v) is 7.74. The van der Waals surface area contributed by atoms with Crippen molar-refractivity contribution < 1.29 is 4.39 Å². The summed E-state index contributed by atoms with van der Waals surface area (Å²) in [7, 11) is 0. The van der Waals surface area contributed by atoms with Crippen molar-refractivity contribution >= 4 is 0 Å². The van der Waals surface area contributed by atoms with Crippen LogP contribution in [-0.2, 0) is 0 Å². The van der Waals surface area contributed by atoms with Crippen molar-refractivity contribution in [3.63, 3.8) is 0 Å². The molecule has 14 heavy (non-hydrogen) atoms. The van der Waals surface area contributed by atoms with E-state index in [0.717, 1.165) is 11.3 Å². The molecule has 0 N–H and O–H groups in total. The maximum atomic E-state index is 13.4. The Hall–Kier alpha value is -1.77. The molecule has 0 fully saturated rings. The maximum Gasteiger partial charge on any atom is 0.131 e. The molecule has 2 nitrogen and oxygen atoms in total. The van der Waals surface area contributed by atoms with Crippen molar-refractivity contribution in [3.05, 3.63) is 48.3 Å². The summed E-state index contributed by atoms with van der Waals surface area (Å²) < 4.78 is 13.4. The Morgan fingerprint density at radius 2 is 1.93 bits per heavy atom. The zero-order valence-electron chi connectivity index (χ0n) is 7.74. The van der Waals surface area contributed by atoms with E-state index in [0.29, 0.717) is 5.56 Å². The van der Waals surface area contributed by atoms with Crippen LogP contribution in [0.5, 0.6) is 0 Å². The van der Waals surface area contributed by atoms with Gasteiger partial charge >= 0.3 is 0 Å². The Balaban J connectivity index is 2.61. The Bertz CT molecular complexity index is 411. The van der Waals surface area contributed by atoms with E-state index in [1.165, 1.54) is 12.4 Å². The lowest BCUT2D eigenvalue weighted by molar-refractivity contribution is 0.631. The standard InChI is InChI=1S/C11H9FN2/c1-8-10(6-13-7-14-8)9-4-2-3-5-11(9)12/h2-7H,1H3. The summed E-state index contributed by atoms with van der Waals surface area (Å²) in [5.41, 5.74) is 2.07. The van der Waals surface area contributed by atoms with Crippen LogP contribution in [0.3, 0.4) is 0 Å². The number of aromatic nitrogens is 2. The molecule has 2 rings (SSSR count). The molecular formula is C11H9FN2. The number of nitrogens with zero attached hydrogens (tertiary/aromatic N) is 2. The van der Waals surface area contributed by atoms with E-state index < -0.39 is 0 Å². The molecule has 0 aliphatic carbocycles. The summed E-state index contributed by atoms with van der Waals surface area (Å²) in [4.78, 5) is 7.90. The Morgan fingerprint density at radius 3 is 2.64 bits per heavy atom. The molecule has 1 aromatic carbocycles. The first-order valence-electron chi connectivity index (χ1n) is 4.30. The fraction of sp³-hybridized carbons (Fsp3) is 0.0909. The molecule has 0 amide bonds. The Labute approximate surface area is 81.5 Å². The first-order chi connectivity index (χ1) is 6.79. The molecule has 1 aromatic heterocycles. The predicted octanol–water partition coefficient (Wildman–Crippen LogP) is 2.59. The minimum absolute atomic E-state index is 0.245. The first kappa shape index (κ1) is 8.81. The summed E-state index contributed by atoms with van der Waals surface area (Å²) in [5, 5.41) is 0. The number of halogens is 1. The van der Waals surface area contributed by atoms with Crippen molar-refractivity contribution in [2.45, 2.75) is 6.92 Å². The van der Waals surface area contributed by atoms with Gasteiger partial charge in [-0.2, -0.15) is 0 Å². The van der Waals surface area contributed by atoms with Gasteiger partial charge in [-0.3, -0.25) is 0 Å². The van der Waals surface area contributed by atoms with Gasteiger partial charge in [0, 0.05) is 23.0 Å². The average molecular weight is 188 g/mol. The van der Waals surface area contributed by atoms with E-state index in [1.807, 2.05) is 6.92 Å². The van der Waals surface area contributed by atoms with Gasteiger partial charge < -0.3 is 0 Å². The molecule has 0 unspecified atom stereocenters. The molecule has 0 saturated heterocycles. The van der Waals surface area contributed by atoms with Gasteiger partial charge in [0.25, 0.3) is 0 Å². The summed E-state index contributed by atoms with van der Waals surface area (Å²) in [6.45, 7) is 1.84.